The Labute approximate surface area is 162 Å². The van der Waals surface area contributed by atoms with Gasteiger partial charge in [0.2, 0.25) is 0 Å². The Morgan fingerprint density at radius 1 is 0.667 bits per heavy atom. The fourth-order valence-electron chi connectivity index (χ4n) is 3.55. The number of hydrogen-bond donors (Lipinski definition) is 1. The highest BCUT2D eigenvalue weighted by molar-refractivity contribution is 7.96. The molecule has 0 saturated carbocycles. The standard InChI is InChI=1S/C24H26O2P/c25-19-11-10-12-21(26)20-27(22-13-4-1-5-14-22,23-15-6-2-7-16-23)24-17-8-3-9-18-24/h1-9,13-18,25H,10-12,19-20H2/q+1. The van der Waals surface area contributed by atoms with Gasteiger partial charge in [-0.2, -0.15) is 0 Å². The van der Waals surface area contributed by atoms with Crippen LogP contribution in [0, 0.1) is 0 Å². The van der Waals surface area contributed by atoms with Crippen molar-refractivity contribution in [2.45, 2.75) is 19.3 Å². The lowest BCUT2D eigenvalue weighted by molar-refractivity contribution is -0.116. The molecule has 3 aromatic carbocycles. The van der Waals surface area contributed by atoms with Gasteiger partial charge in [-0.3, -0.25) is 4.79 Å². The van der Waals surface area contributed by atoms with Crippen LogP contribution in [0.1, 0.15) is 19.3 Å². The molecule has 0 radical (unpaired) electrons. The van der Waals surface area contributed by atoms with E-state index in [9.17, 15) is 4.79 Å². The van der Waals surface area contributed by atoms with Crippen LogP contribution >= 0.6 is 7.26 Å². The van der Waals surface area contributed by atoms with E-state index in [1.165, 1.54) is 15.9 Å². The second-order valence-electron chi connectivity index (χ2n) is 6.69. The summed E-state index contributed by atoms with van der Waals surface area (Å²) in [6.45, 7) is 0.142. The summed E-state index contributed by atoms with van der Waals surface area (Å²) in [5.41, 5.74) is 0. The zero-order chi connectivity index (χ0) is 19.0. The summed E-state index contributed by atoms with van der Waals surface area (Å²) in [4.78, 5) is 13.0. The summed E-state index contributed by atoms with van der Waals surface area (Å²) >= 11 is 0. The Morgan fingerprint density at radius 3 is 1.44 bits per heavy atom. The first-order chi connectivity index (χ1) is 13.3. The predicted octanol–water partition coefficient (Wildman–Crippen LogP) is 3.71. The van der Waals surface area contributed by atoms with Gasteiger partial charge in [-0.05, 0) is 49.2 Å². The van der Waals surface area contributed by atoms with Gasteiger partial charge in [-0.15, -0.1) is 0 Å². The van der Waals surface area contributed by atoms with E-state index in [4.69, 9.17) is 5.11 Å². The molecule has 0 spiro atoms. The summed E-state index contributed by atoms with van der Waals surface area (Å²) in [5, 5.41) is 12.7. The minimum absolute atomic E-state index is 0.142. The second kappa shape index (κ2) is 9.60. The van der Waals surface area contributed by atoms with Gasteiger partial charge >= 0.3 is 0 Å². The van der Waals surface area contributed by atoms with Gasteiger partial charge in [-0.1, -0.05) is 54.6 Å². The number of aliphatic hydroxyl groups is 1. The van der Waals surface area contributed by atoms with Crippen LogP contribution in [0.25, 0.3) is 0 Å². The molecule has 0 heterocycles. The van der Waals surface area contributed by atoms with Gasteiger partial charge in [0, 0.05) is 13.0 Å². The van der Waals surface area contributed by atoms with Crippen molar-refractivity contribution in [2.24, 2.45) is 0 Å². The highest BCUT2D eigenvalue weighted by Crippen LogP contribution is 2.55. The molecule has 0 fully saturated rings. The molecule has 0 aliphatic rings. The minimum atomic E-state index is -2.07. The van der Waals surface area contributed by atoms with Gasteiger partial charge < -0.3 is 5.11 Å². The van der Waals surface area contributed by atoms with E-state index in [2.05, 4.69) is 72.8 Å². The molecule has 0 aromatic heterocycles. The van der Waals surface area contributed by atoms with E-state index in [-0.39, 0.29) is 12.4 Å². The number of carbonyl (C=O) groups excluding carboxylic acids is 1. The first-order valence-electron chi connectivity index (χ1n) is 9.45. The minimum Gasteiger partial charge on any atom is -0.396 e. The molecule has 27 heavy (non-hydrogen) atoms. The topological polar surface area (TPSA) is 37.3 Å². The van der Waals surface area contributed by atoms with Gasteiger partial charge in [0.1, 0.15) is 29.3 Å². The Kier molecular flexibility index (Phi) is 6.92. The number of hydrogen-bond acceptors (Lipinski definition) is 2. The second-order valence-corrected chi connectivity index (χ2v) is 10.2. The van der Waals surface area contributed by atoms with Crippen molar-refractivity contribution < 1.29 is 9.90 Å². The average Bonchev–Trinajstić information content (AvgIpc) is 2.74. The smallest absolute Gasteiger partial charge is 0.171 e. The lowest BCUT2D eigenvalue weighted by Crippen LogP contribution is -2.35. The van der Waals surface area contributed by atoms with Gasteiger partial charge in [0.25, 0.3) is 0 Å². The molecule has 0 amide bonds. The van der Waals surface area contributed by atoms with Crippen LogP contribution in [0.15, 0.2) is 91.0 Å². The average molecular weight is 377 g/mol. The summed E-state index contributed by atoms with van der Waals surface area (Å²) in [6.07, 6.45) is 2.47. The van der Waals surface area contributed by atoms with Crippen LogP contribution in [0.5, 0.6) is 0 Å². The van der Waals surface area contributed by atoms with Crippen molar-refractivity contribution in [3.63, 3.8) is 0 Å². The van der Waals surface area contributed by atoms with Crippen molar-refractivity contribution in [3.05, 3.63) is 91.0 Å². The lowest BCUT2D eigenvalue weighted by atomic mass is 10.2. The van der Waals surface area contributed by atoms with Gasteiger partial charge in [0.05, 0.1) is 0 Å². The fraction of sp³-hybridized carbons (Fsp3) is 0.208. The van der Waals surface area contributed by atoms with E-state index >= 15 is 0 Å². The molecule has 0 unspecified atom stereocenters. The lowest BCUT2D eigenvalue weighted by Gasteiger charge is -2.27. The Hall–Kier alpha value is -2.28. The zero-order valence-corrected chi connectivity index (χ0v) is 16.4. The third-order valence-corrected chi connectivity index (χ3v) is 9.23. The van der Waals surface area contributed by atoms with Crippen molar-refractivity contribution in [2.75, 3.05) is 12.8 Å². The first kappa shape index (κ1) is 19.5. The maximum absolute atomic E-state index is 13.0. The maximum Gasteiger partial charge on any atom is 0.171 e. The summed E-state index contributed by atoms with van der Waals surface area (Å²) < 4.78 is 0. The van der Waals surface area contributed by atoms with Crippen LogP contribution in [0.2, 0.25) is 0 Å². The molecule has 2 nitrogen and oxygen atoms in total. The summed E-state index contributed by atoms with van der Waals surface area (Å²) in [5.74, 6) is 0.272. The highest BCUT2D eigenvalue weighted by atomic mass is 31.2. The van der Waals surface area contributed by atoms with E-state index in [0.29, 0.717) is 19.0 Å². The molecular weight excluding hydrogens is 351 g/mol. The maximum atomic E-state index is 13.0. The first-order valence-corrected chi connectivity index (χ1v) is 11.4. The number of benzene rings is 3. The summed E-state index contributed by atoms with van der Waals surface area (Å²) in [7, 11) is -2.07. The zero-order valence-electron chi connectivity index (χ0n) is 15.5. The van der Waals surface area contributed by atoms with Crippen molar-refractivity contribution in [1.82, 2.24) is 0 Å². The third-order valence-electron chi connectivity index (χ3n) is 4.87. The van der Waals surface area contributed by atoms with E-state index in [1.54, 1.807) is 0 Å². The van der Waals surface area contributed by atoms with Crippen molar-refractivity contribution >= 4 is 29.0 Å². The number of rotatable bonds is 9. The molecule has 0 saturated heterocycles. The Bertz CT molecular complexity index is 735. The summed E-state index contributed by atoms with van der Waals surface area (Å²) in [6, 6.07) is 31.4. The largest absolute Gasteiger partial charge is 0.396 e. The molecule has 0 bridgehead atoms. The number of unbranched alkanes of at least 4 members (excludes halogenated alkanes) is 1. The molecular formula is C24H26O2P+. The molecule has 3 heteroatoms. The molecule has 3 rings (SSSR count). The SMILES string of the molecule is O=C(CCCCO)C[P+](c1ccccc1)(c1ccccc1)c1ccccc1. The molecule has 1 N–H and O–H groups in total. The third kappa shape index (κ3) is 4.53. The fourth-order valence-corrected chi connectivity index (χ4v) is 7.72. The van der Waals surface area contributed by atoms with Gasteiger partial charge in [0.15, 0.2) is 5.78 Å². The predicted molar refractivity (Wildman–Crippen MR) is 116 cm³/mol. The van der Waals surface area contributed by atoms with Gasteiger partial charge in [-0.25, -0.2) is 0 Å². The number of ketones is 1. The van der Waals surface area contributed by atoms with Crippen LogP contribution in [0.4, 0.5) is 0 Å². The molecule has 0 aliphatic heterocycles. The van der Waals surface area contributed by atoms with Crippen molar-refractivity contribution in [3.8, 4) is 0 Å². The van der Waals surface area contributed by atoms with E-state index < -0.39 is 7.26 Å². The van der Waals surface area contributed by atoms with Crippen LogP contribution in [0.3, 0.4) is 0 Å². The number of Topliss-reactive ketones (excluding diaryl/α,β-unsaturated/α-hetero) is 1. The van der Waals surface area contributed by atoms with Crippen LogP contribution < -0.4 is 15.9 Å². The molecule has 138 valence electrons. The molecule has 0 atom stereocenters. The van der Waals surface area contributed by atoms with E-state index in [1.807, 2.05) is 18.2 Å². The van der Waals surface area contributed by atoms with Crippen molar-refractivity contribution in [1.29, 1.82) is 0 Å². The monoisotopic (exact) mass is 377 g/mol. The quantitative estimate of drug-likeness (QED) is 0.456. The Morgan fingerprint density at radius 2 is 1.07 bits per heavy atom. The normalized spacial score (nSPS) is 11.3. The van der Waals surface area contributed by atoms with Crippen LogP contribution in [-0.4, -0.2) is 23.7 Å². The molecule has 0 aliphatic carbocycles. The van der Waals surface area contributed by atoms with Crippen LogP contribution in [-0.2, 0) is 4.79 Å². The molecule has 3 aromatic rings. The van der Waals surface area contributed by atoms with E-state index in [0.717, 1.165) is 6.42 Å². The number of aliphatic hydroxyl groups excluding tert-OH is 1. The Balaban J connectivity index is 2.12. The number of carbonyl (C=O) groups is 1. The highest BCUT2D eigenvalue weighted by Gasteiger charge is 2.46.